The first kappa shape index (κ1) is 28.3. The lowest BCUT2D eigenvalue weighted by Gasteiger charge is -2.16. The van der Waals surface area contributed by atoms with E-state index in [4.69, 9.17) is 0 Å². The molecule has 3 rings (SSSR count). The average Bonchev–Trinajstić information content (AvgIpc) is 3.24. The Balaban J connectivity index is 1.86. The number of hydrogen-bond donors (Lipinski definition) is 2. The molecule has 0 radical (unpaired) electrons. The van der Waals surface area contributed by atoms with Crippen molar-refractivity contribution >= 4 is 33.0 Å². The van der Waals surface area contributed by atoms with Gasteiger partial charge in [0.1, 0.15) is 15.6 Å². The third kappa shape index (κ3) is 6.94. The highest BCUT2D eigenvalue weighted by Gasteiger charge is 2.37. The number of halogens is 8. The Hall–Kier alpha value is -3.27. The number of carbonyl (C=O) groups excluding carboxylic acids is 1. The summed E-state index contributed by atoms with van der Waals surface area (Å²) in [6.45, 7) is 1.33. The van der Waals surface area contributed by atoms with E-state index in [1.165, 1.54) is 6.92 Å². The maximum Gasteiger partial charge on any atom is 0.416 e. The van der Waals surface area contributed by atoms with Crippen molar-refractivity contribution in [3.05, 3.63) is 69.7 Å². The predicted molar refractivity (Wildman–Crippen MR) is 118 cm³/mol. The van der Waals surface area contributed by atoms with Crippen molar-refractivity contribution in [2.75, 3.05) is 11.0 Å². The standard InChI is InChI=1S/C21H15F8N3O3S2/c1-9(10-5-14(22)17(15(23)6-10)32-37(2,34)35)31-18(33)16-8-30-19(36-16)11-3-12(20(24,25)26)7-13(4-11)21(27,28)29/h3-9,32H,1-2H3,(H,31,33). The lowest BCUT2D eigenvalue weighted by Crippen LogP contribution is -2.26. The first-order valence-corrected chi connectivity index (χ1v) is 12.6. The van der Waals surface area contributed by atoms with Crippen molar-refractivity contribution in [2.24, 2.45) is 0 Å². The lowest BCUT2D eigenvalue weighted by atomic mass is 10.1. The number of benzene rings is 2. The van der Waals surface area contributed by atoms with Crippen molar-refractivity contribution < 1.29 is 48.3 Å². The van der Waals surface area contributed by atoms with Gasteiger partial charge in [0.15, 0.2) is 11.6 Å². The summed E-state index contributed by atoms with van der Waals surface area (Å²) in [6, 6.07) is 1.41. The highest BCUT2D eigenvalue weighted by atomic mass is 32.2. The van der Waals surface area contributed by atoms with Crippen LogP contribution >= 0.6 is 11.3 Å². The van der Waals surface area contributed by atoms with E-state index < -0.39 is 68.3 Å². The van der Waals surface area contributed by atoms with Crippen LogP contribution in [-0.2, 0) is 22.4 Å². The van der Waals surface area contributed by atoms with Crippen LogP contribution in [0.25, 0.3) is 10.6 Å². The zero-order valence-electron chi connectivity index (χ0n) is 18.6. The van der Waals surface area contributed by atoms with Crippen molar-refractivity contribution in [1.82, 2.24) is 10.3 Å². The molecule has 3 aromatic rings. The van der Waals surface area contributed by atoms with E-state index >= 15 is 0 Å². The van der Waals surface area contributed by atoms with Crippen LogP contribution in [0.2, 0.25) is 0 Å². The van der Waals surface area contributed by atoms with Crippen LogP contribution in [-0.4, -0.2) is 25.6 Å². The molecule has 0 fully saturated rings. The van der Waals surface area contributed by atoms with Crippen LogP contribution in [0.4, 0.5) is 40.8 Å². The molecule has 1 unspecified atom stereocenters. The molecule has 37 heavy (non-hydrogen) atoms. The van der Waals surface area contributed by atoms with Crippen LogP contribution in [0.15, 0.2) is 36.5 Å². The molecule has 0 spiro atoms. The minimum Gasteiger partial charge on any atom is -0.345 e. The zero-order valence-corrected chi connectivity index (χ0v) is 20.2. The number of thiazole rings is 1. The second-order valence-corrected chi connectivity index (χ2v) is 10.5. The third-order valence-electron chi connectivity index (χ3n) is 4.76. The SMILES string of the molecule is CC(NC(=O)c1cnc(-c2cc(C(F)(F)F)cc(C(F)(F)F)c2)s1)c1cc(F)c(NS(C)(=O)=O)c(F)c1. The van der Waals surface area contributed by atoms with Crippen LogP contribution < -0.4 is 10.0 Å². The van der Waals surface area contributed by atoms with Crippen LogP contribution in [0, 0.1) is 11.6 Å². The van der Waals surface area contributed by atoms with Gasteiger partial charge >= 0.3 is 12.4 Å². The molecule has 1 atom stereocenters. The fourth-order valence-electron chi connectivity index (χ4n) is 3.07. The summed E-state index contributed by atoms with van der Waals surface area (Å²) < 4.78 is 131. The molecule has 1 amide bonds. The molecule has 2 N–H and O–H groups in total. The predicted octanol–water partition coefficient (Wildman–Crippen LogP) is 5.99. The third-order valence-corrected chi connectivity index (χ3v) is 6.38. The minimum absolute atomic E-state index is 0.0403. The Labute approximate surface area is 208 Å². The quantitative estimate of drug-likeness (QED) is 0.355. The van der Waals surface area contributed by atoms with Crippen LogP contribution in [0.1, 0.15) is 39.3 Å². The van der Waals surface area contributed by atoms with Crippen LogP contribution in [0.3, 0.4) is 0 Å². The number of hydrogen-bond acceptors (Lipinski definition) is 5. The summed E-state index contributed by atoms with van der Waals surface area (Å²) >= 11 is 0.502. The number of alkyl halides is 6. The van der Waals surface area contributed by atoms with Gasteiger partial charge in [-0.05, 0) is 42.8 Å². The smallest absolute Gasteiger partial charge is 0.345 e. The molecular weight excluding hydrogens is 558 g/mol. The van der Waals surface area contributed by atoms with Crippen LogP contribution in [0.5, 0.6) is 0 Å². The second kappa shape index (κ2) is 9.89. The molecule has 0 aliphatic carbocycles. The van der Waals surface area contributed by atoms with Gasteiger partial charge in [0.05, 0.1) is 29.6 Å². The van der Waals surface area contributed by atoms with Gasteiger partial charge in [-0.2, -0.15) is 26.3 Å². The van der Waals surface area contributed by atoms with Gasteiger partial charge < -0.3 is 5.32 Å². The summed E-state index contributed by atoms with van der Waals surface area (Å²) in [4.78, 5) is 16.1. The zero-order chi connectivity index (χ0) is 27.9. The highest BCUT2D eigenvalue weighted by molar-refractivity contribution is 7.92. The molecule has 0 aliphatic heterocycles. The number of aromatic nitrogens is 1. The Morgan fingerprint density at radius 1 is 0.946 bits per heavy atom. The molecule has 16 heteroatoms. The van der Waals surface area contributed by atoms with E-state index in [0.717, 1.165) is 18.3 Å². The topological polar surface area (TPSA) is 88.2 Å². The fourth-order valence-corrected chi connectivity index (χ4v) is 4.44. The largest absolute Gasteiger partial charge is 0.416 e. The number of nitrogens with zero attached hydrogens (tertiary/aromatic N) is 1. The molecular formula is C21H15F8N3O3S2. The van der Waals surface area contributed by atoms with Gasteiger partial charge in [-0.1, -0.05) is 0 Å². The molecule has 1 aromatic heterocycles. The van der Waals surface area contributed by atoms with E-state index in [1.54, 1.807) is 4.72 Å². The molecule has 0 aliphatic rings. The van der Waals surface area contributed by atoms with Gasteiger partial charge in [0.25, 0.3) is 5.91 Å². The molecule has 0 saturated carbocycles. The number of nitrogens with one attached hydrogen (secondary N) is 2. The number of anilines is 1. The number of amides is 1. The first-order chi connectivity index (χ1) is 16.8. The van der Waals surface area contributed by atoms with E-state index in [-0.39, 0.29) is 21.5 Å². The summed E-state index contributed by atoms with van der Waals surface area (Å²) in [5.74, 6) is -3.39. The summed E-state index contributed by atoms with van der Waals surface area (Å²) in [5.41, 5.74) is -4.64. The second-order valence-electron chi connectivity index (χ2n) is 7.75. The normalized spacial score (nSPS) is 13.4. The van der Waals surface area contributed by atoms with E-state index in [0.29, 0.717) is 29.7 Å². The maximum atomic E-state index is 14.2. The molecule has 6 nitrogen and oxygen atoms in total. The fraction of sp³-hybridized carbons (Fsp3) is 0.238. The maximum absolute atomic E-state index is 14.2. The van der Waals surface area contributed by atoms with Gasteiger partial charge in [-0.15, -0.1) is 11.3 Å². The summed E-state index contributed by atoms with van der Waals surface area (Å²) in [5, 5.41) is 2.07. The molecule has 0 saturated heterocycles. The Bertz CT molecular complexity index is 1390. The number of rotatable bonds is 6. The number of sulfonamides is 1. The lowest BCUT2D eigenvalue weighted by molar-refractivity contribution is -0.143. The Morgan fingerprint density at radius 3 is 1.92 bits per heavy atom. The van der Waals surface area contributed by atoms with Crippen molar-refractivity contribution in [2.45, 2.75) is 25.3 Å². The van der Waals surface area contributed by atoms with Crippen molar-refractivity contribution in [1.29, 1.82) is 0 Å². The monoisotopic (exact) mass is 573 g/mol. The first-order valence-electron chi connectivity index (χ1n) is 9.88. The van der Waals surface area contributed by atoms with E-state index in [9.17, 15) is 48.3 Å². The molecule has 200 valence electrons. The van der Waals surface area contributed by atoms with Gasteiger partial charge in [-0.3, -0.25) is 9.52 Å². The Morgan fingerprint density at radius 2 is 1.46 bits per heavy atom. The number of carbonyl (C=O) groups is 1. The van der Waals surface area contributed by atoms with Gasteiger partial charge in [-0.25, -0.2) is 22.2 Å². The minimum atomic E-state index is -5.07. The molecule has 0 bridgehead atoms. The van der Waals surface area contributed by atoms with Crippen molar-refractivity contribution in [3.8, 4) is 10.6 Å². The van der Waals surface area contributed by atoms with Gasteiger partial charge in [0.2, 0.25) is 10.0 Å². The van der Waals surface area contributed by atoms with E-state index in [1.807, 2.05) is 0 Å². The van der Waals surface area contributed by atoms with Gasteiger partial charge in [0, 0.05) is 5.56 Å². The molecule has 1 heterocycles. The molecule has 2 aromatic carbocycles. The average molecular weight is 573 g/mol. The highest BCUT2D eigenvalue weighted by Crippen LogP contribution is 2.39. The van der Waals surface area contributed by atoms with E-state index in [2.05, 4.69) is 10.3 Å². The van der Waals surface area contributed by atoms with Crippen molar-refractivity contribution in [3.63, 3.8) is 0 Å². The summed E-state index contributed by atoms with van der Waals surface area (Å²) in [7, 11) is -3.98. The summed E-state index contributed by atoms with van der Waals surface area (Å²) in [6.07, 6.45) is -8.52. The Kier molecular flexibility index (Phi) is 7.56.